The molecule has 2 amide bonds. The molecule has 0 aromatic heterocycles. The summed E-state index contributed by atoms with van der Waals surface area (Å²) in [6, 6.07) is 4.82. The number of nitrogens with zero attached hydrogens (tertiary/aromatic N) is 2. The second-order valence-electron chi connectivity index (χ2n) is 4.76. The Kier molecular flexibility index (Phi) is 5.79. The molecule has 0 aliphatic carbocycles. The summed E-state index contributed by atoms with van der Waals surface area (Å²) >= 11 is 13.4. The van der Waals surface area contributed by atoms with Crippen molar-refractivity contribution in [3.63, 3.8) is 0 Å². The summed E-state index contributed by atoms with van der Waals surface area (Å²) in [5.74, 6) is 0.509. The zero-order valence-corrected chi connectivity index (χ0v) is 14.0. The summed E-state index contributed by atoms with van der Waals surface area (Å²) in [5.41, 5.74) is 0.483. The minimum absolute atomic E-state index is 0.101. The van der Waals surface area contributed by atoms with Crippen LogP contribution in [-0.2, 0) is 4.79 Å². The molecule has 1 heterocycles. The van der Waals surface area contributed by atoms with Crippen molar-refractivity contribution in [2.45, 2.75) is 0 Å². The van der Waals surface area contributed by atoms with Gasteiger partial charge in [-0.1, -0.05) is 23.2 Å². The van der Waals surface area contributed by atoms with Crippen LogP contribution in [0.1, 0.15) is 10.4 Å². The number of rotatable bonds is 3. The lowest BCUT2D eigenvalue weighted by Gasteiger charge is -2.34. The summed E-state index contributed by atoms with van der Waals surface area (Å²) < 4.78 is 0. The van der Waals surface area contributed by atoms with Crippen molar-refractivity contribution in [2.75, 3.05) is 38.2 Å². The zero-order chi connectivity index (χ0) is 15.4. The molecule has 0 atom stereocenters. The number of thioether (sulfide) groups is 1. The maximum atomic E-state index is 12.4. The average molecular weight is 347 g/mol. The first kappa shape index (κ1) is 16.5. The molecule has 21 heavy (non-hydrogen) atoms. The SMILES string of the molecule is CSCC(=O)N1CCN(C(=O)c2cc(Cl)cc(Cl)c2)CC1. The van der Waals surface area contributed by atoms with Crippen molar-refractivity contribution >= 4 is 46.8 Å². The van der Waals surface area contributed by atoms with Crippen molar-refractivity contribution in [3.05, 3.63) is 33.8 Å². The Hall–Kier alpha value is -0.910. The largest absolute Gasteiger partial charge is 0.338 e. The second kappa shape index (κ2) is 7.38. The van der Waals surface area contributed by atoms with Crippen LogP contribution in [0.5, 0.6) is 0 Å². The number of halogens is 2. The summed E-state index contributed by atoms with van der Waals surface area (Å²) in [6.07, 6.45) is 1.90. The van der Waals surface area contributed by atoms with Crippen LogP contribution in [-0.4, -0.2) is 59.8 Å². The van der Waals surface area contributed by atoms with Crippen LogP contribution in [0.15, 0.2) is 18.2 Å². The maximum Gasteiger partial charge on any atom is 0.254 e. The molecule has 1 aromatic rings. The molecule has 0 bridgehead atoms. The highest BCUT2D eigenvalue weighted by atomic mass is 35.5. The molecule has 0 N–H and O–H groups in total. The van der Waals surface area contributed by atoms with Gasteiger partial charge in [0, 0.05) is 41.8 Å². The fourth-order valence-corrected chi connectivity index (χ4v) is 3.19. The number of hydrogen-bond donors (Lipinski definition) is 0. The topological polar surface area (TPSA) is 40.6 Å². The van der Waals surface area contributed by atoms with Crippen molar-refractivity contribution in [2.24, 2.45) is 0 Å². The number of hydrogen-bond acceptors (Lipinski definition) is 3. The number of benzene rings is 1. The Balaban J connectivity index is 1.98. The van der Waals surface area contributed by atoms with Crippen molar-refractivity contribution in [3.8, 4) is 0 Å². The van der Waals surface area contributed by atoms with E-state index in [-0.39, 0.29) is 11.8 Å². The van der Waals surface area contributed by atoms with Crippen LogP contribution in [0, 0.1) is 0 Å². The van der Waals surface area contributed by atoms with Gasteiger partial charge in [-0.05, 0) is 24.5 Å². The summed E-state index contributed by atoms with van der Waals surface area (Å²) in [5, 5.41) is 0.888. The number of carbonyl (C=O) groups excluding carboxylic acids is 2. The quantitative estimate of drug-likeness (QED) is 0.844. The van der Waals surface area contributed by atoms with Crippen LogP contribution >= 0.6 is 35.0 Å². The molecule has 1 saturated heterocycles. The first-order chi connectivity index (χ1) is 10.0. The monoisotopic (exact) mass is 346 g/mol. The van der Waals surface area contributed by atoms with Crippen LogP contribution in [0.25, 0.3) is 0 Å². The molecular formula is C14H16Cl2N2O2S. The summed E-state index contributed by atoms with van der Waals surface area (Å²) in [7, 11) is 0. The zero-order valence-electron chi connectivity index (χ0n) is 11.6. The first-order valence-electron chi connectivity index (χ1n) is 6.53. The number of amides is 2. The molecule has 0 unspecified atom stereocenters. The van der Waals surface area contributed by atoms with Crippen molar-refractivity contribution < 1.29 is 9.59 Å². The number of carbonyl (C=O) groups is 2. The smallest absolute Gasteiger partial charge is 0.254 e. The van der Waals surface area contributed by atoms with Gasteiger partial charge < -0.3 is 9.80 Å². The molecule has 0 spiro atoms. The second-order valence-corrected chi connectivity index (χ2v) is 6.50. The Morgan fingerprint density at radius 1 is 1.05 bits per heavy atom. The van der Waals surface area contributed by atoms with Crippen LogP contribution in [0.4, 0.5) is 0 Å². The Bertz CT molecular complexity index is 526. The fourth-order valence-electron chi connectivity index (χ4n) is 2.23. The molecule has 0 saturated carbocycles. The van der Waals surface area contributed by atoms with Gasteiger partial charge in [-0.2, -0.15) is 11.8 Å². The van der Waals surface area contributed by atoms with Gasteiger partial charge >= 0.3 is 0 Å². The minimum atomic E-state index is -0.101. The van der Waals surface area contributed by atoms with E-state index in [1.165, 1.54) is 11.8 Å². The van der Waals surface area contributed by atoms with Crippen molar-refractivity contribution in [1.29, 1.82) is 0 Å². The number of piperazine rings is 1. The summed E-state index contributed by atoms with van der Waals surface area (Å²) in [6.45, 7) is 2.20. The first-order valence-corrected chi connectivity index (χ1v) is 8.68. The molecule has 7 heteroatoms. The molecule has 2 rings (SSSR count). The van der Waals surface area contributed by atoms with E-state index in [1.807, 2.05) is 6.26 Å². The van der Waals surface area contributed by atoms with E-state index >= 15 is 0 Å². The van der Waals surface area contributed by atoms with Gasteiger partial charge in [-0.25, -0.2) is 0 Å². The lowest BCUT2D eigenvalue weighted by Crippen LogP contribution is -2.51. The third-order valence-electron chi connectivity index (χ3n) is 3.30. The Morgan fingerprint density at radius 3 is 2.10 bits per heavy atom. The van der Waals surface area contributed by atoms with Gasteiger partial charge in [0.25, 0.3) is 5.91 Å². The summed E-state index contributed by atoms with van der Waals surface area (Å²) in [4.78, 5) is 27.7. The van der Waals surface area contributed by atoms with Gasteiger partial charge in [0.1, 0.15) is 0 Å². The lowest BCUT2D eigenvalue weighted by atomic mass is 10.2. The van der Waals surface area contributed by atoms with Crippen LogP contribution < -0.4 is 0 Å². The molecule has 1 aliphatic rings. The van der Waals surface area contributed by atoms with E-state index in [4.69, 9.17) is 23.2 Å². The van der Waals surface area contributed by atoms with E-state index in [2.05, 4.69) is 0 Å². The Labute approximate surface area is 138 Å². The molecular weight excluding hydrogens is 331 g/mol. The van der Waals surface area contributed by atoms with E-state index < -0.39 is 0 Å². The molecule has 1 fully saturated rings. The van der Waals surface area contributed by atoms with Gasteiger partial charge in [0.2, 0.25) is 5.91 Å². The molecule has 1 aliphatic heterocycles. The fraction of sp³-hybridized carbons (Fsp3) is 0.429. The third-order valence-corrected chi connectivity index (χ3v) is 4.27. The normalized spacial score (nSPS) is 15.2. The van der Waals surface area contributed by atoms with Crippen LogP contribution in [0.3, 0.4) is 0 Å². The standard InChI is InChI=1S/C14H16Cl2N2O2S/c1-21-9-13(19)17-2-4-18(5-3-17)14(20)10-6-11(15)8-12(16)7-10/h6-8H,2-5,9H2,1H3. The van der Waals surface area contributed by atoms with E-state index in [0.29, 0.717) is 47.5 Å². The lowest BCUT2D eigenvalue weighted by molar-refractivity contribution is -0.129. The molecule has 0 radical (unpaired) electrons. The highest BCUT2D eigenvalue weighted by Crippen LogP contribution is 2.20. The molecule has 4 nitrogen and oxygen atoms in total. The third kappa shape index (κ3) is 4.28. The molecule has 114 valence electrons. The Morgan fingerprint density at radius 2 is 1.57 bits per heavy atom. The van der Waals surface area contributed by atoms with Crippen LogP contribution in [0.2, 0.25) is 10.0 Å². The van der Waals surface area contributed by atoms with Gasteiger partial charge in [-0.15, -0.1) is 0 Å². The van der Waals surface area contributed by atoms with E-state index in [0.717, 1.165) is 0 Å². The highest BCUT2D eigenvalue weighted by molar-refractivity contribution is 7.99. The van der Waals surface area contributed by atoms with E-state index in [1.54, 1.807) is 28.0 Å². The van der Waals surface area contributed by atoms with Gasteiger partial charge in [-0.3, -0.25) is 9.59 Å². The van der Waals surface area contributed by atoms with Gasteiger partial charge in [0.05, 0.1) is 5.75 Å². The predicted octanol–water partition coefficient (Wildman–Crippen LogP) is 2.64. The van der Waals surface area contributed by atoms with Crippen molar-refractivity contribution in [1.82, 2.24) is 9.80 Å². The van der Waals surface area contributed by atoms with E-state index in [9.17, 15) is 9.59 Å². The average Bonchev–Trinajstić information content (AvgIpc) is 2.46. The maximum absolute atomic E-state index is 12.4. The minimum Gasteiger partial charge on any atom is -0.338 e. The predicted molar refractivity (Wildman–Crippen MR) is 87.3 cm³/mol. The van der Waals surface area contributed by atoms with Gasteiger partial charge in [0.15, 0.2) is 0 Å². The highest BCUT2D eigenvalue weighted by Gasteiger charge is 2.24. The molecule has 1 aromatic carbocycles.